The molecular formula is C20H25N5O4S. The number of rotatable bonds is 5. The van der Waals surface area contributed by atoms with Crippen LogP contribution in [0.15, 0.2) is 42.9 Å². The summed E-state index contributed by atoms with van der Waals surface area (Å²) in [5, 5.41) is 0.895. The molecule has 0 radical (unpaired) electrons. The van der Waals surface area contributed by atoms with E-state index in [1.54, 1.807) is 40.8 Å². The zero-order chi connectivity index (χ0) is 22.2. The molecule has 0 saturated carbocycles. The molecule has 9 nitrogen and oxygen atoms in total. The van der Waals surface area contributed by atoms with E-state index in [1.165, 1.54) is 6.33 Å². The van der Waals surface area contributed by atoms with Crippen LogP contribution in [0.2, 0.25) is 0 Å². The highest BCUT2D eigenvalue weighted by Gasteiger charge is 2.29. The minimum Gasteiger partial charge on any atom is -0.443 e. The van der Waals surface area contributed by atoms with E-state index in [0.29, 0.717) is 5.56 Å². The highest BCUT2D eigenvalue weighted by molar-refractivity contribution is 7.88. The Bertz CT molecular complexity index is 1160. The molecule has 0 aliphatic rings. The van der Waals surface area contributed by atoms with E-state index in [2.05, 4.69) is 19.7 Å². The maximum atomic E-state index is 12.4. The maximum absolute atomic E-state index is 12.4. The number of nitrogens with one attached hydrogen (secondary N) is 3. The van der Waals surface area contributed by atoms with E-state index in [-0.39, 0.29) is 0 Å². The minimum atomic E-state index is -4.14. The van der Waals surface area contributed by atoms with Crippen molar-refractivity contribution in [3.05, 3.63) is 48.4 Å². The Labute approximate surface area is 175 Å². The molecule has 160 valence electrons. The number of carbonyl (C=O) groups is 1. The molecule has 0 unspecified atom stereocenters. The predicted molar refractivity (Wildman–Crippen MR) is 114 cm³/mol. The summed E-state index contributed by atoms with van der Waals surface area (Å²) in [6.45, 7) is 8.35. The Morgan fingerprint density at radius 2 is 1.70 bits per heavy atom. The fourth-order valence-electron chi connectivity index (χ4n) is 2.98. The summed E-state index contributed by atoms with van der Waals surface area (Å²) in [7, 11) is -4.14. The average molecular weight is 432 g/mol. The lowest BCUT2D eigenvalue weighted by Crippen LogP contribution is -2.49. The van der Waals surface area contributed by atoms with Gasteiger partial charge in [-0.25, -0.2) is 19.5 Å². The monoisotopic (exact) mass is 431 g/mol. The molecule has 0 saturated heterocycles. The van der Waals surface area contributed by atoms with Gasteiger partial charge in [-0.15, -0.1) is 0 Å². The van der Waals surface area contributed by atoms with Crippen molar-refractivity contribution in [1.29, 1.82) is 0 Å². The van der Waals surface area contributed by atoms with Crippen molar-refractivity contribution < 1.29 is 17.9 Å². The molecule has 0 fully saturated rings. The minimum absolute atomic E-state index is 0.709. The fraction of sp³-hybridized carbons (Fsp3) is 0.350. The quantitative estimate of drug-likeness (QED) is 0.569. The van der Waals surface area contributed by atoms with E-state index in [9.17, 15) is 13.2 Å². The largest absolute Gasteiger partial charge is 0.443 e. The summed E-state index contributed by atoms with van der Waals surface area (Å²) in [6, 6.07) is 9.25. The van der Waals surface area contributed by atoms with Gasteiger partial charge in [-0.1, -0.05) is 24.3 Å². The van der Waals surface area contributed by atoms with Gasteiger partial charge in [-0.05, 0) is 46.2 Å². The molecule has 0 bridgehead atoms. The van der Waals surface area contributed by atoms with Crippen LogP contribution in [0.25, 0.3) is 22.3 Å². The molecule has 3 rings (SSSR count). The Balaban J connectivity index is 1.78. The van der Waals surface area contributed by atoms with Gasteiger partial charge in [0.15, 0.2) is 0 Å². The number of ether oxygens (including phenoxy) is 1. The third-order valence-electron chi connectivity index (χ3n) is 4.24. The molecule has 3 N–H and O–H groups in total. The normalized spacial score (nSPS) is 12.7. The van der Waals surface area contributed by atoms with Crippen LogP contribution in [0, 0.1) is 0 Å². The molecule has 0 aliphatic carbocycles. The number of hydrogen-bond donors (Lipinski definition) is 3. The van der Waals surface area contributed by atoms with Gasteiger partial charge < -0.3 is 9.72 Å². The van der Waals surface area contributed by atoms with Crippen molar-refractivity contribution in [2.75, 3.05) is 0 Å². The zero-order valence-electron chi connectivity index (χ0n) is 17.5. The summed E-state index contributed by atoms with van der Waals surface area (Å²) in [4.78, 5) is 23.4. The van der Waals surface area contributed by atoms with Crippen LogP contribution in [0.1, 0.15) is 40.2 Å². The van der Waals surface area contributed by atoms with Crippen LogP contribution < -0.4 is 9.44 Å². The molecule has 1 aromatic carbocycles. The summed E-state index contributed by atoms with van der Waals surface area (Å²) in [5.41, 5.74) is 1.30. The summed E-state index contributed by atoms with van der Waals surface area (Å²) < 4.78 is 34.1. The maximum Gasteiger partial charge on any atom is 0.422 e. The second-order valence-electron chi connectivity index (χ2n) is 8.37. The van der Waals surface area contributed by atoms with Gasteiger partial charge in [0.05, 0.1) is 11.2 Å². The van der Waals surface area contributed by atoms with Crippen LogP contribution >= 0.6 is 0 Å². The van der Waals surface area contributed by atoms with Crippen LogP contribution in [0.3, 0.4) is 0 Å². The predicted octanol–water partition coefficient (Wildman–Crippen LogP) is 3.22. The van der Waals surface area contributed by atoms with Crippen molar-refractivity contribution in [1.82, 2.24) is 24.4 Å². The van der Waals surface area contributed by atoms with Crippen molar-refractivity contribution >= 4 is 27.3 Å². The standard InChI is InChI=1S/C20H25N5O4S/c1-19(2,3)29-18(26)24-30(27,28)25-20(4,5)14-8-6-13(7-9-14)16-15-10-11-21-17(15)23-12-22-16/h6-12,25H,1-5H3,(H,24,26)(H,21,22,23). The Morgan fingerprint density at radius 1 is 1.03 bits per heavy atom. The zero-order valence-corrected chi connectivity index (χ0v) is 18.3. The Kier molecular flexibility index (Phi) is 5.57. The first kappa shape index (κ1) is 21.7. The average Bonchev–Trinajstić information content (AvgIpc) is 3.07. The van der Waals surface area contributed by atoms with Crippen molar-refractivity contribution in [3.8, 4) is 11.3 Å². The number of hydrogen-bond acceptors (Lipinski definition) is 6. The van der Waals surface area contributed by atoms with Gasteiger partial charge in [0.1, 0.15) is 17.6 Å². The molecular weight excluding hydrogens is 406 g/mol. The third kappa shape index (κ3) is 5.14. The third-order valence-corrected chi connectivity index (χ3v) is 5.45. The first-order valence-electron chi connectivity index (χ1n) is 9.30. The number of fused-ring (bicyclic) bond motifs is 1. The van der Waals surface area contributed by atoms with E-state index >= 15 is 0 Å². The molecule has 2 aromatic heterocycles. The van der Waals surface area contributed by atoms with Gasteiger partial charge in [-0.3, -0.25) is 0 Å². The van der Waals surface area contributed by atoms with Gasteiger partial charge in [-0.2, -0.15) is 13.1 Å². The first-order chi connectivity index (χ1) is 13.9. The summed E-state index contributed by atoms with van der Waals surface area (Å²) >= 11 is 0. The second-order valence-corrected chi connectivity index (χ2v) is 9.79. The molecule has 0 spiro atoms. The molecule has 2 heterocycles. The van der Waals surface area contributed by atoms with E-state index in [0.717, 1.165) is 22.3 Å². The smallest absolute Gasteiger partial charge is 0.422 e. The van der Waals surface area contributed by atoms with E-state index < -0.39 is 27.4 Å². The van der Waals surface area contributed by atoms with Crippen molar-refractivity contribution in [2.24, 2.45) is 0 Å². The lowest BCUT2D eigenvalue weighted by molar-refractivity contribution is 0.0569. The van der Waals surface area contributed by atoms with Crippen LogP contribution in [-0.4, -0.2) is 35.1 Å². The molecule has 10 heteroatoms. The molecule has 0 aliphatic heterocycles. The SMILES string of the molecule is CC(C)(C)OC(=O)NS(=O)(=O)NC(C)(C)c1ccc(-c2ncnc3[nH]ccc23)cc1. The number of carbonyl (C=O) groups excluding carboxylic acids is 1. The number of nitrogens with zero attached hydrogens (tertiary/aromatic N) is 2. The molecule has 30 heavy (non-hydrogen) atoms. The molecule has 3 aromatic rings. The number of benzene rings is 1. The highest BCUT2D eigenvalue weighted by atomic mass is 32.2. The highest BCUT2D eigenvalue weighted by Crippen LogP contribution is 2.28. The second kappa shape index (κ2) is 7.69. The first-order valence-corrected chi connectivity index (χ1v) is 10.8. The van der Waals surface area contributed by atoms with Crippen molar-refractivity contribution in [2.45, 2.75) is 45.8 Å². The van der Waals surface area contributed by atoms with E-state index in [4.69, 9.17) is 4.74 Å². The van der Waals surface area contributed by atoms with Crippen LogP contribution in [-0.2, 0) is 20.5 Å². The lowest BCUT2D eigenvalue weighted by Gasteiger charge is -2.27. The van der Waals surface area contributed by atoms with E-state index in [1.807, 2.05) is 35.1 Å². The summed E-state index contributed by atoms with van der Waals surface area (Å²) in [5.74, 6) is 0. The molecule has 1 amide bonds. The molecule has 0 atom stereocenters. The Hall–Kier alpha value is -2.98. The Morgan fingerprint density at radius 3 is 2.33 bits per heavy atom. The number of aromatic nitrogens is 3. The van der Waals surface area contributed by atoms with Gasteiger partial charge in [0, 0.05) is 17.1 Å². The van der Waals surface area contributed by atoms with Crippen LogP contribution in [0.5, 0.6) is 0 Å². The number of aromatic amines is 1. The van der Waals surface area contributed by atoms with Gasteiger partial charge in [0.25, 0.3) is 0 Å². The number of H-pyrrole nitrogens is 1. The van der Waals surface area contributed by atoms with Gasteiger partial charge >= 0.3 is 16.3 Å². The van der Waals surface area contributed by atoms with Crippen LogP contribution in [0.4, 0.5) is 4.79 Å². The van der Waals surface area contributed by atoms with Crippen molar-refractivity contribution in [3.63, 3.8) is 0 Å². The number of amides is 1. The van der Waals surface area contributed by atoms with Gasteiger partial charge in [0.2, 0.25) is 0 Å². The topological polar surface area (TPSA) is 126 Å². The lowest BCUT2D eigenvalue weighted by atomic mass is 9.94. The summed E-state index contributed by atoms with van der Waals surface area (Å²) in [6.07, 6.45) is 2.25. The fourth-order valence-corrected chi connectivity index (χ4v) is 4.08.